The van der Waals surface area contributed by atoms with Crippen molar-refractivity contribution in [3.05, 3.63) is 63.6 Å². The quantitative estimate of drug-likeness (QED) is 0.396. The van der Waals surface area contributed by atoms with Gasteiger partial charge in [-0.1, -0.05) is 55.2 Å². The van der Waals surface area contributed by atoms with Crippen molar-refractivity contribution in [2.45, 2.75) is 33.4 Å². The van der Waals surface area contributed by atoms with E-state index in [1.54, 1.807) is 6.07 Å². The van der Waals surface area contributed by atoms with Crippen molar-refractivity contribution < 1.29 is 4.74 Å². The van der Waals surface area contributed by atoms with Crippen LogP contribution in [0, 0.1) is 0 Å². The molecule has 2 aromatic rings. The summed E-state index contributed by atoms with van der Waals surface area (Å²) >= 11 is 12.1. The molecule has 0 heterocycles. The molecule has 0 aliphatic carbocycles. The minimum atomic E-state index is 0. The highest BCUT2D eigenvalue weighted by Gasteiger charge is 2.04. The van der Waals surface area contributed by atoms with Crippen LogP contribution in [-0.4, -0.2) is 31.1 Å². The summed E-state index contributed by atoms with van der Waals surface area (Å²) in [6.07, 6.45) is 1.16. The van der Waals surface area contributed by atoms with E-state index in [9.17, 15) is 0 Å². The molecule has 2 rings (SSSR count). The molecule has 1 N–H and O–H groups in total. The molecule has 0 atom stereocenters. The van der Waals surface area contributed by atoms with Crippen molar-refractivity contribution >= 4 is 48.0 Å². The largest absolute Gasteiger partial charge is 0.489 e. The van der Waals surface area contributed by atoms with Gasteiger partial charge in [0.25, 0.3) is 0 Å². The average Bonchev–Trinajstić information content (AvgIpc) is 2.64. The Morgan fingerprint density at radius 1 is 1.00 bits per heavy atom. The van der Waals surface area contributed by atoms with Crippen molar-refractivity contribution in [3.63, 3.8) is 0 Å². The van der Waals surface area contributed by atoms with Crippen LogP contribution >= 0.6 is 48.0 Å². The van der Waals surface area contributed by atoms with Gasteiger partial charge < -0.3 is 15.0 Å². The molecule has 0 aliphatic rings. The predicted molar refractivity (Wildman–Crippen MR) is 126 cm³/mol. The van der Waals surface area contributed by atoms with E-state index in [1.165, 1.54) is 5.56 Å². The first-order valence-electron chi connectivity index (χ1n) is 9.21. The maximum absolute atomic E-state index is 6.19. The van der Waals surface area contributed by atoms with Gasteiger partial charge in [-0.2, -0.15) is 0 Å². The Labute approximate surface area is 191 Å². The first-order chi connectivity index (χ1) is 12.6. The van der Waals surface area contributed by atoms with E-state index in [0.717, 1.165) is 50.5 Å². The van der Waals surface area contributed by atoms with Crippen molar-refractivity contribution in [2.24, 2.45) is 0 Å². The molecule has 0 aromatic heterocycles. The number of hydrogen-bond donors (Lipinski definition) is 1. The Kier molecular flexibility index (Phi) is 14.8. The first kappa shape index (κ1) is 27.3. The topological polar surface area (TPSA) is 24.5 Å². The standard InChI is InChI=1S/C21H28Cl2N2O.2ClH/c1-3-25(4-2)12-6-11-24-15-17-7-5-8-20(13-17)26-16-18-9-10-19(22)14-21(18)23;;/h5,7-10,13-14,24H,3-4,6,11-12,15-16H2,1-2H3;2*1H. The summed E-state index contributed by atoms with van der Waals surface area (Å²) in [7, 11) is 0. The zero-order valence-corrected chi connectivity index (χ0v) is 19.6. The third-order valence-corrected chi connectivity index (χ3v) is 4.95. The molecule has 0 bridgehead atoms. The lowest BCUT2D eigenvalue weighted by molar-refractivity contribution is 0.297. The highest BCUT2D eigenvalue weighted by atomic mass is 35.5. The SMILES string of the molecule is CCN(CC)CCCNCc1cccc(OCc2ccc(Cl)cc2Cl)c1.Cl.Cl. The zero-order valence-electron chi connectivity index (χ0n) is 16.4. The summed E-state index contributed by atoms with van der Waals surface area (Å²) in [5.41, 5.74) is 2.14. The highest BCUT2D eigenvalue weighted by Crippen LogP contribution is 2.23. The summed E-state index contributed by atoms with van der Waals surface area (Å²) < 4.78 is 5.88. The van der Waals surface area contributed by atoms with Crippen LogP contribution in [0.3, 0.4) is 0 Å². The van der Waals surface area contributed by atoms with Gasteiger partial charge in [-0.25, -0.2) is 0 Å². The fourth-order valence-electron chi connectivity index (χ4n) is 2.75. The van der Waals surface area contributed by atoms with E-state index in [0.29, 0.717) is 16.7 Å². The van der Waals surface area contributed by atoms with Crippen LogP contribution in [0.15, 0.2) is 42.5 Å². The summed E-state index contributed by atoms with van der Waals surface area (Å²) in [5.74, 6) is 0.846. The van der Waals surface area contributed by atoms with Gasteiger partial charge in [0, 0.05) is 22.2 Å². The van der Waals surface area contributed by atoms with Crippen LogP contribution in [0.4, 0.5) is 0 Å². The van der Waals surface area contributed by atoms with Crippen LogP contribution < -0.4 is 10.1 Å². The lowest BCUT2D eigenvalue weighted by Gasteiger charge is -2.17. The summed E-state index contributed by atoms with van der Waals surface area (Å²) in [6.45, 7) is 10.1. The monoisotopic (exact) mass is 466 g/mol. The van der Waals surface area contributed by atoms with Crippen LogP contribution in [-0.2, 0) is 13.2 Å². The summed E-state index contributed by atoms with van der Waals surface area (Å²) in [4.78, 5) is 2.44. The lowest BCUT2D eigenvalue weighted by Crippen LogP contribution is -2.27. The van der Waals surface area contributed by atoms with Crippen molar-refractivity contribution in [3.8, 4) is 5.75 Å². The minimum absolute atomic E-state index is 0. The Morgan fingerprint density at radius 3 is 2.43 bits per heavy atom. The Balaban J connectivity index is 0.00000364. The van der Waals surface area contributed by atoms with Gasteiger partial charge in [0.05, 0.1) is 0 Å². The third-order valence-electron chi connectivity index (χ3n) is 4.36. The fraction of sp³-hybridized carbons (Fsp3) is 0.429. The molecule has 158 valence electrons. The van der Waals surface area contributed by atoms with Gasteiger partial charge in [0.2, 0.25) is 0 Å². The number of ether oxygens (including phenoxy) is 1. The number of benzene rings is 2. The molecule has 0 spiro atoms. The Morgan fingerprint density at radius 2 is 1.75 bits per heavy atom. The number of rotatable bonds is 11. The second-order valence-electron chi connectivity index (χ2n) is 6.23. The smallest absolute Gasteiger partial charge is 0.120 e. The van der Waals surface area contributed by atoms with Crippen molar-refractivity contribution in [2.75, 3.05) is 26.2 Å². The molecule has 0 radical (unpaired) electrons. The van der Waals surface area contributed by atoms with Gasteiger partial charge in [-0.3, -0.25) is 0 Å². The predicted octanol–water partition coefficient (Wildman–Crippen LogP) is 6.24. The zero-order chi connectivity index (χ0) is 18.8. The molecule has 0 aliphatic heterocycles. The molecule has 0 amide bonds. The molecular formula is C21H30Cl4N2O. The third kappa shape index (κ3) is 9.69. The van der Waals surface area contributed by atoms with Gasteiger partial charge in [0.15, 0.2) is 0 Å². The number of nitrogens with one attached hydrogen (secondary N) is 1. The first-order valence-corrected chi connectivity index (χ1v) is 9.96. The Bertz CT molecular complexity index is 681. The van der Waals surface area contributed by atoms with E-state index in [4.69, 9.17) is 27.9 Å². The number of nitrogens with zero attached hydrogens (tertiary/aromatic N) is 1. The molecule has 0 fully saturated rings. The lowest BCUT2D eigenvalue weighted by atomic mass is 10.2. The second kappa shape index (κ2) is 15.2. The minimum Gasteiger partial charge on any atom is -0.489 e. The number of hydrogen-bond acceptors (Lipinski definition) is 3. The summed E-state index contributed by atoms with van der Waals surface area (Å²) in [6, 6.07) is 13.6. The maximum atomic E-state index is 6.19. The van der Waals surface area contributed by atoms with Gasteiger partial charge >= 0.3 is 0 Å². The molecule has 0 unspecified atom stereocenters. The molecule has 28 heavy (non-hydrogen) atoms. The van der Waals surface area contributed by atoms with Gasteiger partial charge in [-0.05, 0) is 62.4 Å². The average molecular weight is 468 g/mol. The van der Waals surface area contributed by atoms with Crippen LogP contribution in [0.5, 0.6) is 5.75 Å². The van der Waals surface area contributed by atoms with Crippen molar-refractivity contribution in [1.29, 1.82) is 0 Å². The number of halogens is 4. The van der Waals surface area contributed by atoms with Gasteiger partial charge in [0.1, 0.15) is 12.4 Å². The molecular weight excluding hydrogens is 438 g/mol. The Hall–Kier alpha value is -0.680. The van der Waals surface area contributed by atoms with E-state index >= 15 is 0 Å². The van der Waals surface area contributed by atoms with E-state index in [2.05, 4.69) is 36.2 Å². The molecule has 7 heteroatoms. The van der Waals surface area contributed by atoms with Gasteiger partial charge in [-0.15, -0.1) is 24.8 Å². The van der Waals surface area contributed by atoms with Crippen LogP contribution in [0.1, 0.15) is 31.4 Å². The summed E-state index contributed by atoms with van der Waals surface area (Å²) in [5, 5.41) is 4.76. The van der Waals surface area contributed by atoms with E-state index < -0.39 is 0 Å². The normalized spacial score (nSPS) is 10.3. The fourth-order valence-corrected chi connectivity index (χ4v) is 3.21. The van der Waals surface area contributed by atoms with Crippen LogP contribution in [0.2, 0.25) is 10.0 Å². The van der Waals surface area contributed by atoms with E-state index in [1.807, 2.05) is 24.3 Å². The molecule has 2 aromatic carbocycles. The van der Waals surface area contributed by atoms with Crippen molar-refractivity contribution in [1.82, 2.24) is 10.2 Å². The van der Waals surface area contributed by atoms with E-state index in [-0.39, 0.29) is 24.8 Å². The highest BCUT2D eigenvalue weighted by molar-refractivity contribution is 6.35. The molecule has 3 nitrogen and oxygen atoms in total. The molecule has 0 saturated heterocycles. The second-order valence-corrected chi connectivity index (χ2v) is 7.07. The maximum Gasteiger partial charge on any atom is 0.120 e. The molecule has 0 saturated carbocycles. The van der Waals surface area contributed by atoms with Crippen LogP contribution in [0.25, 0.3) is 0 Å².